The molecule has 0 radical (unpaired) electrons. The summed E-state index contributed by atoms with van der Waals surface area (Å²) in [6, 6.07) is 2.50. The number of pyridine rings is 1. The SMILES string of the molecule is CNc1cc(OCC2CCCN2)cnc1C. The summed E-state index contributed by atoms with van der Waals surface area (Å²) >= 11 is 0. The zero-order chi connectivity index (χ0) is 11.4. The third-order valence-corrected chi connectivity index (χ3v) is 2.94. The van der Waals surface area contributed by atoms with Crippen LogP contribution in [0.25, 0.3) is 0 Å². The lowest BCUT2D eigenvalue weighted by Gasteiger charge is -2.13. The molecule has 1 aromatic heterocycles. The van der Waals surface area contributed by atoms with Gasteiger partial charge in [0.25, 0.3) is 0 Å². The number of nitrogens with one attached hydrogen (secondary N) is 2. The molecule has 0 saturated carbocycles. The highest BCUT2D eigenvalue weighted by molar-refractivity contribution is 5.50. The Morgan fingerprint density at radius 3 is 3.19 bits per heavy atom. The van der Waals surface area contributed by atoms with E-state index >= 15 is 0 Å². The molecule has 1 fully saturated rings. The van der Waals surface area contributed by atoms with Crippen LogP contribution in [-0.2, 0) is 0 Å². The van der Waals surface area contributed by atoms with E-state index < -0.39 is 0 Å². The Kier molecular flexibility index (Phi) is 3.62. The molecular formula is C12H19N3O. The van der Waals surface area contributed by atoms with E-state index in [9.17, 15) is 0 Å². The van der Waals surface area contributed by atoms with Gasteiger partial charge in [0.2, 0.25) is 0 Å². The molecule has 0 bridgehead atoms. The minimum absolute atomic E-state index is 0.499. The first-order valence-corrected chi connectivity index (χ1v) is 5.80. The predicted octanol–water partition coefficient (Wildman–Crippen LogP) is 1.56. The summed E-state index contributed by atoms with van der Waals surface area (Å²) in [7, 11) is 1.90. The van der Waals surface area contributed by atoms with Crippen LogP contribution in [0.5, 0.6) is 5.75 Å². The molecule has 1 saturated heterocycles. The number of aryl methyl sites for hydroxylation is 1. The largest absolute Gasteiger partial charge is 0.490 e. The average Bonchev–Trinajstić information content (AvgIpc) is 2.81. The molecule has 88 valence electrons. The van der Waals surface area contributed by atoms with Gasteiger partial charge >= 0.3 is 0 Å². The van der Waals surface area contributed by atoms with Crippen molar-refractivity contribution in [2.45, 2.75) is 25.8 Å². The van der Waals surface area contributed by atoms with Gasteiger partial charge in [-0.15, -0.1) is 0 Å². The van der Waals surface area contributed by atoms with E-state index in [1.165, 1.54) is 12.8 Å². The van der Waals surface area contributed by atoms with Gasteiger partial charge in [0.05, 0.1) is 17.6 Å². The van der Waals surface area contributed by atoms with Gasteiger partial charge in [-0.1, -0.05) is 0 Å². The molecule has 1 aromatic rings. The Labute approximate surface area is 96.4 Å². The number of nitrogens with zero attached hydrogens (tertiary/aromatic N) is 1. The van der Waals surface area contributed by atoms with E-state index in [4.69, 9.17) is 4.74 Å². The van der Waals surface area contributed by atoms with Crippen LogP contribution in [0.4, 0.5) is 5.69 Å². The van der Waals surface area contributed by atoms with Crippen LogP contribution < -0.4 is 15.4 Å². The zero-order valence-corrected chi connectivity index (χ0v) is 9.92. The van der Waals surface area contributed by atoms with Gasteiger partial charge in [0.15, 0.2) is 0 Å². The molecule has 2 heterocycles. The maximum atomic E-state index is 5.72. The Balaban J connectivity index is 1.93. The van der Waals surface area contributed by atoms with Crippen LogP contribution >= 0.6 is 0 Å². The lowest BCUT2D eigenvalue weighted by atomic mass is 10.2. The fraction of sp³-hybridized carbons (Fsp3) is 0.583. The molecule has 16 heavy (non-hydrogen) atoms. The van der Waals surface area contributed by atoms with Crippen molar-refractivity contribution in [2.24, 2.45) is 0 Å². The summed E-state index contributed by atoms with van der Waals surface area (Å²) in [5, 5.41) is 6.51. The van der Waals surface area contributed by atoms with Crippen molar-refractivity contribution in [1.29, 1.82) is 0 Å². The molecule has 2 N–H and O–H groups in total. The van der Waals surface area contributed by atoms with E-state index in [2.05, 4.69) is 15.6 Å². The molecule has 2 rings (SSSR count). The van der Waals surface area contributed by atoms with Gasteiger partial charge in [0.1, 0.15) is 12.4 Å². The minimum Gasteiger partial charge on any atom is -0.490 e. The second kappa shape index (κ2) is 5.16. The molecule has 0 spiro atoms. The molecule has 1 atom stereocenters. The van der Waals surface area contributed by atoms with Gasteiger partial charge in [-0.2, -0.15) is 0 Å². The molecule has 1 aliphatic heterocycles. The van der Waals surface area contributed by atoms with E-state index in [1.807, 2.05) is 20.0 Å². The van der Waals surface area contributed by atoms with Crippen LogP contribution in [0.15, 0.2) is 12.3 Å². The maximum Gasteiger partial charge on any atom is 0.139 e. The second-order valence-electron chi connectivity index (χ2n) is 4.16. The summed E-state index contributed by atoms with van der Waals surface area (Å²) in [6.45, 7) is 3.82. The van der Waals surface area contributed by atoms with Crippen LogP contribution in [0.1, 0.15) is 18.5 Å². The molecule has 0 amide bonds. The first-order chi connectivity index (χ1) is 7.79. The fourth-order valence-corrected chi connectivity index (χ4v) is 1.94. The van der Waals surface area contributed by atoms with Gasteiger partial charge in [-0.05, 0) is 26.3 Å². The quantitative estimate of drug-likeness (QED) is 0.810. The first-order valence-electron chi connectivity index (χ1n) is 5.80. The summed E-state index contributed by atoms with van der Waals surface area (Å²) in [4.78, 5) is 4.29. The fourth-order valence-electron chi connectivity index (χ4n) is 1.94. The maximum absolute atomic E-state index is 5.72. The lowest BCUT2D eigenvalue weighted by Crippen LogP contribution is -2.28. The summed E-state index contributed by atoms with van der Waals surface area (Å²) in [5.41, 5.74) is 2.02. The average molecular weight is 221 g/mol. The topological polar surface area (TPSA) is 46.2 Å². The Morgan fingerprint density at radius 2 is 2.50 bits per heavy atom. The number of ether oxygens (including phenoxy) is 1. The number of rotatable bonds is 4. The van der Waals surface area contributed by atoms with E-state index in [0.29, 0.717) is 6.04 Å². The molecule has 0 aromatic carbocycles. The van der Waals surface area contributed by atoms with Crippen molar-refractivity contribution in [3.8, 4) is 5.75 Å². The highest BCUT2D eigenvalue weighted by Crippen LogP contribution is 2.19. The molecule has 1 unspecified atom stereocenters. The zero-order valence-electron chi connectivity index (χ0n) is 9.92. The number of hydrogen-bond donors (Lipinski definition) is 2. The van der Waals surface area contributed by atoms with Gasteiger partial charge in [-0.25, -0.2) is 0 Å². The lowest BCUT2D eigenvalue weighted by molar-refractivity contribution is 0.276. The standard InChI is InChI=1S/C12H19N3O/c1-9-12(13-2)6-11(7-15-9)16-8-10-4-3-5-14-10/h6-7,10,13-14H,3-5,8H2,1-2H3. The first kappa shape index (κ1) is 11.2. The van der Waals surface area contributed by atoms with Gasteiger partial charge < -0.3 is 15.4 Å². The highest BCUT2D eigenvalue weighted by Gasteiger charge is 2.14. The van der Waals surface area contributed by atoms with Crippen molar-refractivity contribution < 1.29 is 4.74 Å². The van der Waals surface area contributed by atoms with Crippen molar-refractivity contribution in [1.82, 2.24) is 10.3 Å². The normalized spacial score (nSPS) is 19.8. The molecular weight excluding hydrogens is 202 g/mol. The summed E-state index contributed by atoms with van der Waals surface area (Å²) in [5.74, 6) is 0.837. The van der Waals surface area contributed by atoms with Crippen LogP contribution in [-0.4, -0.2) is 31.2 Å². The predicted molar refractivity (Wildman–Crippen MR) is 65.0 cm³/mol. The molecule has 4 nitrogen and oxygen atoms in total. The third kappa shape index (κ3) is 2.64. The molecule has 4 heteroatoms. The van der Waals surface area contributed by atoms with Gasteiger partial charge in [0, 0.05) is 19.2 Å². The van der Waals surface area contributed by atoms with Crippen LogP contribution in [0.2, 0.25) is 0 Å². The van der Waals surface area contributed by atoms with Crippen LogP contribution in [0, 0.1) is 6.92 Å². The molecule has 0 aliphatic carbocycles. The Hall–Kier alpha value is -1.29. The smallest absolute Gasteiger partial charge is 0.139 e. The van der Waals surface area contributed by atoms with E-state index in [0.717, 1.165) is 30.3 Å². The number of hydrogen-bond acceptors (Lipinski definition) is 4. The van der Waals surface area contributed by atoms with Crippen molar-refractivity contribution in [3.63, 3.8) is 0 Å². The second-order valence-corrected chi connectivity index (χ2v) is 4.16. The minimum atomic E-state index is 0.499. The molecule has 1 aliphatic rings. The Bertz CT molecular complexity index is 348. The monoisotopic (exact) mass is 221 g/mol. The number of aromatic nitrogens is 1. The van der Waals surface area contributed by atoms with E-state index in [-0.39, 0.29) is 0 Å². The van der Waals surface area contributed by atoms with Crippen molar-refractivity contribution in [3.05, 3.63) is 18.0 Å². The third-order valence-electron chi connectivity index (χ3n) is 2.94. The van der Waals surface area contributed by atoms with Gasteiger partial charge in [-0.3, -0.25) is 4.98 Å². The Morgan fingerprint density at radius 1 is 1.62 bits per heavy atom. The highest BCUT2D eigenvalue weighted by atomic mass is 16.5. The van der Waals surface area contributed by atoms with Crippen molar-refractivity contribution in [2.75, 3.05) is 25.5 Å². The van der Waals surface area contributed by atoms with Crippen LogP contribution in [0.3, 0.4) is 0 Å². The summed E-state index contributed by atoms with van der Waals surface area (Å²) < 4.78 is 5.72. The van der Waals surface area contributed by atoms with E-state index in [1.54, 1.807) is 6.20 Å². The number of anilines is 1. The van der Waals surface area contributed by atoms with Crippen molar-refractivity contribution >= 4 is 5.69 Å². The summed E-state index contributed by atoms with van der Waals surface area (Å²) in [6.07, 6.45) is 4.24.